The first kappa shape index (κ1) is 16.1. The number of rotatable bonds is 5. The summed E-state index contributed by atoms with van der Waals surface area (Å²) in [5.41, 5.74) is 0.628. The van der Waals surface area contributed by atoms with Gasteiger partial charge in [-0.2, -0.15) is 0 Å². The van der Waals surface area contributed by atoms with Crippen molar-refractivity contribution in [2.24, 2.45) is 0 Å². The van der Waals surface area contributed by atoms with Crippen molar-refractivity contribution in [3.05, 3.63) is 48.4 Å². The van der Waals surface area contributed by atoms with Crippen LogP contribution in [0.1, 0.15) is 19.6 Å². The van der Waals surface area contributed by atoms with Gasteiger partial charge in [-0.25, -0.2) is 0 Å². The second kappa shape index (κ2) is 6.78. The number of hydrogen-bond acceptors (Lipinski definition) is 4. The summed E-state index contributed by atoms with van der Waals surface area (Å²) in [6.45, 7) is 4.50. The summed E-state index contributed by atoms with van der Waals surface area (Å²) in [5, 5.41) is 0. The van der Waals surface area contributed by atoms with E-state index in [4.69, 9.17) is 9.15 Å². The molecule has 6 nitrogen and oxygen atoms in total. The molecule has 2 amide bonds. The van der Waals surface area contributed by atoms with Crippen LogP contribution in [0.15, 0.2) is 47.1 Å². The fourth-order valence-electron chi connectivity index (χ4n) is 2.72. The summed E-state index contributed by atoms with van der Waals surface area (Å²) >= 11 is 0. The molecule has 2 heterocycles. The first-order valence-electron chi connectivity index (χ1n) is 7.97. The minimum atomic E-state index is -0.604. The molecule has 24 heavy (non-hydrogen) atoms. The number of amides is 2. The van der Waals surface area contributed by atoms with E-state index in [1.165, 1.54) is 4.90 Å². The molecular weight excluding hydrogens is 308 g/mol. The molecule has 2 aromatic rings. The molecule has 0 spiro atoms. The minimum absolute atomic E-state index is 0.0158. The highest BCUT2D eigenvalue weighted by Gasteiger charge is 2.33. The highest BCUT2D eigenvalue weighted by atomic mass is 16.5. The number of furan rings is 1. The Morgan fingerprint density at radius 3 is 2.75 bits per heavy atom. The molecule has 3 rings (SSSR count). The van der Waals surface area contributed by atoms with Gasteiger partial charge in [0.25, 0.3) is 5.91 Å². The van der Waals surface area contributed by atoms with Crippen molar-refractivity contribution in [2.75, 3.05) is 18.0 Å². The van der Waals surface area contributed by atoms with Crippen molar-refractivity contribution in [1.82, 2.24) is 4.90 Å². The Bertz CT molecular complexity index is 726. The third-order valence-electron chi connectivity index (χ3n) is 4.03. The number of fused-ring (bicyclic) bond motifs is 1. The van der Waals surface area contributed by atoms with E-state index in [0.29, 0.717) is 30.3 Å². The van der Waals surface area contributed by atoms with Crippen LogP contribution in [0, 0.1) is 0 Å². The van der Waals surface area contributed by atoms with Crippen LogP contribution < -0.4 is 9.64 Å². The van der Waals surface area contributed by atoms with E-state index in [1.54, 1.807) is 36.3 Å². The molecule has 0 radical (unpaired) electrons. The third-order valence-corrected chi connectivity index (χ3v) is 4.03. The predicted octanol–water partition coefficient (Wildman–Crippen LogP) is 2.44. The lowest BCUT2D eigenvalue weighted by molar-refractivity contribution is -0.133. The Morgan fingerprint density at radius 2 is 2.04 bits per heavy atom. The van der Waals surface area contributed by atoms with Crippen LogP contribution in [0.5, 0.6) is 5.75 Å². The van der Waals surface area contributed by atoms with Crippen molar-refractivity contribution in [3.8, 4) is 5.75 Å². The Morgan fingerprint density at radius 1 is 1.25 bits per heavy atom. The number of hydrogen-bond donors (Lipinski definition) is 0. The predicted molar refractivity (Wildman–Crippen MR) is 88.7 cm³/mol. The molecule has 0 saturated heterocycles. The first-order valence-corrected chi connectivity index (χ1v) is 7.97. The van der Waals surface area contributed by atoms with Gasteiger partial charge in [-0.15, -0.1) is 0 Å². The number of para-hydroxylation sites is 2. The van der Waals surface area contributed by atoms with Gasteiger partial charge in [-0.05, 0) is 38.1 Å². The lowest BCUT2D eigenvalue weighted by atomic mass is 10.2. The zero-order valence-electron chi connectivity index (χ0n) is 13.8. The second-order valence-corrected chi connectivity index (χ2v) is 5.64. The van der Waals surface area contributed by atoms with Crippen LogP contribution in [0.25, 0.3) is 0 Å². The maximum atomic E-state index is 12.7. The SMILES string of the molecule is CCN(Cc1ccco1)C(=O)CN1C(=O)[C@@H](C)Oc2ccccc21. The Hall–Kier alpha value is -2.76. The van der Waals surface area contributed by atoms with Crippen molar-refractivity contribution >= 4 is 17.5 Å². The Labute approximate surface area is 140 Å². The maximum Gasteiger partial charge on any atom is 0.268 e. The van der Waals surface area contributed by atoms with Gasteiger partial charge in [-0.1, -0.05) is 12.1 Å². The summed E-state index contributed by atoms with van der Waals surface area (Å²) in [6.07, 6.45) is 0.977. The molecular formula is C18H20N2O4. The molecule has 0 N–H and O–H groups in total. The molecule has 1 atom stereocenters. The normalized spacial score (nSPS) is 16.5. The van der Waals surface area contributed by atoms with Crippen LogP contribution in [-0.4, -0.2) is 35.9 Å². The highest BCUT2D eigenvalue weighted by molar-refractivity contribution is 6.03. The molecule has 0 saturated carbocycles. The minimum Gasteiger partial charge on any atom is -0.479 e. The lowest BCUT2D eigenvalue weighted by Gasteiger charge is -2.33. The summed E-state index contributed by atoms with van der Waals surface area (Å²) in [4.78, 5) is 28.3. The van der Waals surface area contributed by atoms with Gasteiger partial charge in [0.2, 0.25) is 5.91 Å². The van der Waals surface area contributed by atoms with Gasteiger partial charge < -0.3 is 14.1 Å². The van der Waals surface area contributed by atoms with E-state index in [2.05, 4.69) is 0 Å². The standard InChI is InChI=1S/C18H20N2O4/c1-3-19(11-14-7-6-10-23-14)17(21)12-20-15-8-4-5-9-16(15)24-13(2)18(20)22/h4-10,13H,3,11-12H2,1-2H3/t13-/m1/s1. The molecule has 1 aliphatic heterocycles. The molecule has 1 aromatic carbocycles. The third kappa shape index (κ3) is 3.13. The molecule has 0 bridgehead atoms. The Balaban J connectivity index is 1.78. The van der Waals surface area contributed by atoms with Crippen LogP contribution in [-0.2, 0) is 16.1 Å². The number of carbonyl (C=O) groups excluding carboxylic acids is 2. The molecule has 6 heteroatoms. The molecule has 0 aliphatic carbocycles. The van der Waals surface area contributed by atoms with Gasteiger partial charge in [0.05, 0.1) is 18.5 Å². The number of carbonyl (C=O) groups is 2. The van der Waals surface area contributed by atoms with Gasteiger partial charge in [0, 0.05) is 6.54 Å². The monoisotopic (exact) mass is 328 g/mol. The number of nitrogens with zero attached hydrogens (tertiary/aromatic N) is 2. The fourth-order valence-corrected chi connectivity index (χ4v) is 2.72. The average Bonchev–Trinajstić information content (AvgIpc) is 3.09. The van der Waals surface area contributed by atoms with Crippen LogP contribution in [0.4, 0.5) is 5.69 Å². The molecule has 1 aromatic heterocycles. The molecule has 0 unspecified atom stereocenters. The quantitative estimate of drug-likeness (QED) is 0.846. The summed E-state index contributed by atoms with van der Waals surface area (Å²) in [7, 11) is 0. The second-order valence-electron chi connectivity index (χ2n) is 5.64. The summed E-state index contributed by atoms with van der Waals surface area (Å²) < 4.78 is 10.9. The van der Waals surface area contributed by atoms with Gasteiger partial charge in [-0.3, -0.25) is 14.5 Å². The van der Waals surface area contributed by atoms with Crippen LogP contribution in [0.2, 0.25) is 0 Å². The van der Waals surface area contributed by atoms with E-state index in [9.17, 15) is 9.59 Å². The van der Waals surface area contributed by atoms with Crippen LogP contribution in [0.3, 0.4) is 0 Å². The number of likely N-dealkylation sites (N-methyl/N-ethyl adjacent to an activating group) is 1. The molecule has 0 fully saturated rings. The van der Waals surface area contributed by atoms with Gasteiger partial charge >= 0.3 is 0 Å². The summed E-state index contributed by atoms with van der Waals surface area (Å²) in [5.74, 6) is 0.987. The zero-order chi connectivity index (χ0) is 17.1. The zero-order valence-corrected chi connectivity index (χ0v) is 13.8. The first-order chi connectivity index (χ1) is 11.6. The van der Waals surface area contributed by atoms with E-state index in [-0.39, 0.29) is 18.4 Å². The fraction of sp³-hybridized carbons (Fsp3) is 0.333. The number of anilines is 1. The topological polar surface area (TPSA) is 63.0 Å². The van der Waals surface area contributed by atoms with E-state index >= 15 is 0 Å². The van der Waals surface area contributed by atoms with E-state index < -0.39 is 6.10 Å². The number of ether oxygens (including phenoxy) is 1. The van der Waals surface area contributed by atoms with Crippen molar-refractivity contribution in [2.45, 2.75) is 26.5 Å². The van der Waals surface area contributed by atoms with Crippen LogP contribution >= 0.6 is 0 Å². The lowest BCUT2D eigenvalue weighted by Crippen LogP contribution is -2.49. The van der Waals surface area contributed by atoms with Crippen molar-refractivity contribution < 1.29 is 18.7 Å². The smallest absolute Gasteiger partial charge is 0.268 e. The van der Waals surface area contributed by atoms with Gasteiger partial charge in [0.1, 0.15) is 18.1 Å². The highest BCUT2D eigenvalue weighted by Crippen LogP contribution is 2.33. The molecule has 1 aliphatic rings. The summed E-state index contributed by atoms with van der Waals surface area (Å²) in [6, 6.07) is 10.9. The Kier molecular flexibility index (Phi) is 4.55. The number of benzene rings is 1. The maximum absolute atomic E-state index is 12.7. The largest absolute Gasteiger partial charge is 0.479 e. The van der Waals surface area contributed by atoms with Crippen molar-refractivity contribution in [3.63, 3.8) is 0 Å². The van der Waals surface area contributed by atoms with Gasteiger partial charge in [0.15, 0.2) is 6.10 Å². The van der Waals surface area contributed by atoms with Crippen molar-refractivity contribution in [1.29, 1.82) is 0 Å². The van der Waals surface area contributed by atoms with E-state index in [1.807, 2.05) is 25.1 Å². The average molecular weight is 328 g/mol. The van der Waals surface area contributed by atoms with E-state index in [0.717, 1.165) is 0 Å². The molecule has 126 valence electrons.